The third-order valence-corrected chi connectivity index (χ3v) is 4.20. The number of rotatable bonds is 13. The highest BCUT2D eigenvalue weighted by atomic mass is 16.5. The second kappa shape index (κ2) is 16.7. The van der Waals surface area contributed by atoms with Gasteiger partial charge in [-0.05, 0) is 72.1 Å². The molecule has 0 aromatic rings. The summed E-state index contributed by atoms with van der Waals surface area (Å²) in [5.74, 6) is 5.74. The van der Waals surface area contributed by atoms with Crippen molar-refractivity contribution in [3.8, 4) is 11.8 Å². The van der Waals surface area contributed by atoms with E-state index in [9.17, 15) is 4.79 Å². The molecule has 0 heterocycles. The van der Waals surface area contributed by atoms with Crippen LogP contribution in [0.15, 0.2) is 34.9 Å². The Hall–Kier alpha value is -1.79. The number of unbranched alkanes of at least 4 members (excludes halogenated alkanes) is 2. The molecule has 26 heavy (non-hydrogen) atoms. The Morgan fingerprint density at radius 3 is 2.27 bits per heavy atom. The molecule has 3 nitrogen and oxygen atoms in total. The van der Waals surface area contributed by atoms with E-state index in [0.29, 0.717) is 6.42 Å². The third-order valence-electron chi connectivity index (χ3n) is 4.20. The average molecular weight is 361 g/mol. The van der Waals surface area contributed by atoms with Gasteiger partial charge in [0.15, 0.2) is 0 Å². The fraction of sp³-hybridized carbons (Fsp3) is 0.609. The molecular formula is C23H36O3. The quantitative estimate of drug-likeness (QED) is 0.155. The van der Waals surface area contributed by atoms with Crippen LogP contribution in [0.2, 0.25) is 0 Å². The number of esters is 1. The van der Waals surface area contributed by atoms with Gasteiger partial charge in [-0.3, -0.25) is 0 Å². The van der Waals surface area contributed by atoms with Crippen LogP contribution in [0.5, 0.6) is 0 Å². The van der Waals surface area contributed by atoms with Gasteiger partial charge < -0.3 is 9.84 Å². The van der Waals surface area contributed by atoms with Crippen LogP contribution >= 0.6 is 0 Å². The molecule has 0 rings (SSSR count). The molecule has 0 aliphatic heterocycles. The lowest BCUT2D eigenvalue weighted by Crippen LogP contribution is -2.04. The zero-order valence-electron chi connectivity index (χ0n) is 17.1. The van der Waals surface area contributed by atoms with Crippen LogP contribution in [-0.4, -0.2) is 24.8 Å². The number of aliphatic hydroxyl groups excluding tert-OH is 1. The Bertz CT molecular complexity index is 542. The molecule has 0 fully saturated rings. The standard InChI is InChI=1S/C23H36O3/c1-5-6-7-8-13-20(2)15-11-17-22(23(25)26-4)18-12-16-21(3)14-9-10-19-24/h13,16-17,24H,7-12,14-15,18-19H2,1-4H3/b20-13+,21-16+,22-17+. The van der Waals surface area contributed by atoms with Gasteiger partial charge in [-0.15, -0.1) is 11.8 Å². The van der Waals surface area contributed by atoms with Gasteiger partial charge in [0.25, 0.3) is 0 Å². The number of hydrogen-bond donors (Lipinski definition) is 1. The van der Waals surface area contributed by atoms with Gasteiger partial charge in [0.2, 0.25) is 0 Å². The van der Waals surface area contributed by atoms with E-state index in [2.05, 4.69) is 37.8 Å². The second-order valence-corrected chi connectivity index (χ2v) is 6.55. The number of ether oxygens (including phenoxy) is 1. The van der Waals surface area contributed by atoms with E-state index < -0.39 is 0 Å². The maximum absolute atomic E-state index is 11.9. The van der Waals surface area contributed by atoms with Gasteiger partial charge in [-0.2, -0.15) is 0 Å². The fourth-order valence-electron chi connectivity index (χ4n) is 2.60. The van der Waals surface area contributed by atoms with Crippen LogP contribution in [-0.2, 0) is 9.53 Å². The molecule has 0 aliphatic rings. The lowest BCUT2D eigenvalue weighted by molar-refractivity contribution is -0.136. The number of allylic oxidation sites excluding steroid dienone is 5. The maximum atomic E-state index is 11.9. The van der Waals surface area contributed by atoms with Gasteiger partial charge in [0, 0.05) is 18.6 Å². The molecule has 146 valence electrons. The van der Waals surface area contributed by atoms with E-state index in [1.54, 1.807) is 0 Å². The molecule has 0 aliphatic carbocycles. The number of aliphatic hydroxyl groups is 1. The third kappa shape index (κ3) is 13.5. The van der Waals surface area contributed by atoms with Crippen molar-refractivity contribution in [2.75, 3.05) is 13.7 Å². The SMILES string of the molecule is CC#CCC/C=C(\C)CC/C=C(\CC/C=C(\C)CCCCO)C(=O)OC. The van der Waals surface area contributed by atoms with Gasteiger partial charge >= 0.3 is 5.97 Å². The Labute approximate surface area is 160 Å². The normalized spacial score (nSPS) is 12.6. The molecule has 0 radical (unpaired) electrons. The van der Waals surface area contributed by atoms with Crippen molar-refractivity contribution in [1.29, 1.82) is 0 Å². The largest absolute Gasteiger partial charge is 0.466 e. The number of methoxy groups -OCH3 is 1. The zero-order chi connectivity index (χ0) is 19.6. The van der Waals surface area contributed by atoms with Crippen LogP contribution in [0.25, 0.3) is 0 Å². The first-order valence-electron chi connectivity index (χ1n) is 9.64. The maximum Gasteiger partial charge on any atom is 0.333 e. The van der Waals surface area contributed by atoms with E-state index in [4.69, 9.17) is 9.84 Å². The summed E-state index contributed by atoms with van der Waals surface area (Å²) < 4.78 is 4.91. The first-order chi connectivity index (χ1) is 12.5. The van der Waals surface area contributed by atoms with E-state index >= 15 is 0 Å². The summed E-state index contributed by atoms with van der Waals surface area (Å²) in [7, 11) is 1.44. The summed E-state index contributed by atoms with van der Waals surface area (Å²) in [4.78, 5) is 11.9. The van der Waals surface area contributed by atoms with Gasteiger partial charge in [-0.1, -0.05) is 29.4 Å². The minimum Gasteiger partial charge on any atom is -0.466 e. The lowest BCUT2D eigenvalue weighted by Gasteiger charge is -2.06. The van der Waals surface area contributed by atoms with Crippen LogP contribution in [0.4, 0.5) is 0 Å². The predicted octanol–water partition coefficient (Wildman–Crippen LogP) is 5.50. The molecule has 0 aromatic heterocycles. The van der Waals surface area contributed by atoms with Crippen molar-refractivity contribution in [1.82, 2.24) is 0 Å². The number of carbonyl (C=O) groups is 1. The molecule has 3 heteroatoms. The molecule has 0 amide bonds. The van der Waals surface area contributed by atoms with E-state index in [1.807, 2.05) is 13.0 Å². The minimum absolute atomic E-state index is 0.226. The molecule has 0 saturated heterocycles. The van der Waals surface area contributed by atoms with Crippen LogP contribution in [0.1, 0.15) is 78.6 Å². The van der Waals surface area contributed by atoms with E-state index in [1.165, 1.54) is 18.3 Å². The molecule has 0 unspecified atom stereocenters. The second-order valence-electron chi connectivity index (χ2n) is 6.55. The van der Waals surface area contributed by atoms with E-state index in [0.717, 1.165) is 56.9 Å². The summed E-state index contributed by atoms with van der Waals surface area (Å²) in [5, 5.41) is 8.82. The summed E-state index contributed by atoms with van der Waals surface area (Å²) in [6, 6.07) is 0. The van der Waals surface area contributed by atoms with Crippen LogP contribution in [0, 0.1) is 11.8 Å². The van der Waals surface area contributed by atoms with Gasteiger partial charge in [0.05, 0.1) is 7.11 Å². The molecule has 0 bridgehead atoms. The lowest BCUT2D eigenvalue weighted by atomic mass is 10.0. The smallest absolute Gasteiger partial charge is 0.333 e. The predicted molar refractivity (Wildman–Crippen MR) is 110 cm³/mol. The highest BCUT2D eigenvalue weighted by Crippen LogP contribution is 2.15. The Kier molecular flexibility index (Phi) is 15.5. The van der Waals surface area contributed by atoms with Gasteiger partial charge in [-0.25, -0.2) is 4.79 Å². The van der Waals surface area contributed by atoms with Crippen LogP contribution in [0.3, 0.4) is 0 Å². The van der Waals surface area contributed by atoms with Crippen LogP contribution < -0.4 is 0 Å². The first-order valence-corrected chi connectivity index (χ1v) is 9.64. The summed E-state index contributed by atoms with van der Waals surface area (Å²) in [5.41, 5.74) is 3.41. The van der Waals surface area contributed by atoms with Crippen molar-refractivity contribution in [3.05, 3.63) is 34.9 Å². The zero-order valence-corrected chi connectivity index (χ0v) is 17.1. The molecule has 1 N–H and O–H groups in total. The van der Waals surface area contributed by atoms with Crippen molar-refractivity contribution in [2.24, 2.45) is 0 Å². The molecular weight excluding hydrogens is 324 g/mol. The number of carbonyl (C=O) groups excluding carboxylic acids is 1. The Morgan fingerprint density at radius 2 is 1.62 bits per heavy atom. The highest BCUT2D eigenvalue weighted by molar-refractivity contribution is 5.88. The van der Waals surface area contributed by atoms with Crippen molar-refractivity contribution in [2.45, 2.75) is 78.6 Å². The summed E-state index contributed by atoms with van der Waals surface area (Å²) in [6.45, 7) is 6.35. The molecule has 0 saturated carbocycles. The molecule has 0 spiro atoms. The summed E-state index contributed by atoms with van der Waals surface area (Å²) in [6.07, 6.45) is 14.5. The minimum atomic E-state index is -0.226. The Balaban J connectivity index is 4.45. The first kappa shape index (κ1) is 24.2. The summed E-state index contributed by atoms with van der Waals surface area (Å²) >= 11 is 0. The highest BCUT2D eigenvalue weighted by Gasteiger charge is 2.08. The average Bonchev–Trinajstić information content (AvgIpc) is 2.63. The monoisotopic (exact) mass is 360 g/mol. The van der Waals surface area contributed by atoms with E-state index in [-0.39, 0.29) is 12.6 Å². The van der Waals surface area contributed by atoms with Crippen molar-refractivity contribution < 1.29 is 14.6 Å². The topological polar surface area (TPSA) is 46.5 Å². The fourth-order valence-corrected chi connectivity index (χ4v) is 2.60. The number of hydrogen-bond acceptors (Lipinski definition) is 3. The van der Waals surface area contributed by atoms with Crippen molar-refractivity contribution in [3.63, 3.8) is 0 Å². The van der Waals surface area contributed by atoms with Gasteiger partial charge in [0.1, 0.15) is 0 Å². The molecule has 0 atom stereocenters. The Morgan fingerprint density at radius 1 is 0.962 bits per heavy atom. The molecule has 0 aromatic carbocycles. The van der Waals surface area contributed by atoms with Crippen molar-refractivity contribution >= 4 is 5.97 Å².